The highest BCUT2D eigenvalue weighted by Crippen LogP contribution is 2.11. The summed E-state index contributed by atoms with van der Waals surface area (Å²) in [5.74, 6) is 0.552. The number of rotatable bonds is 7. The van der Waals surface area contributed by atoms with Gasteiger partial charge in [-0.3, -0.25) is 0 Å². The van der Waals surface area contributed by atoms with Gasteiger partial charge in [-0.25, -0.2) is 0 Å². The Labute approximate surface area is 81.9 Å². The third-order valence-electron chi connectivity index (χ3n) is 2.16. The van der Waals surface area contributed by atoms with Gasteiger partial charge >= 0.3 is 0 Å². The summed E-state index contributed by atoms with van der Waals surface area (Å²) in [5, 5.41) is 0. The van der Waals surface area contributed by atoms with E-state index in [2.05, 4.69) is 26.0 Å². The van der Waals surface area contributed by atoms with Gasteiger partial charge < -0.3 is 9.47 Å². The van der Waals surface area contributed by atoms with Gasteiger partial charge in [0.05, 0.1) is 6.10 Å². The van der Waals surface area contributed by atoms with Crippen LogP contribution >= 0.6 is 0 Å². The van der Waals surface area contributed by atoms with Crippen molar-refractivity contribution in [3.63, 3.8) is 0 Å². The minimum Gasteiger partial charge on any atom is -0.356 e. The molecule has 0 rings (SSSR count). The number of hydrogen-bond donors (Lipinski definition) is 0. The lowest BCUT2D eigenvalue weighted by atomic mass is 10.0. The summed E-state index contributed by atoms with van der Waals surface area (Å²) in [7, 11) is 0. The van der Waals surface area contributed by atoms with E-state index in [9.17, 15) is 0 Å². The second kappa shape index (κ2) is 8.27. The molecule has 0 N–H and O–H groups in total. The smallest absolute Gasteiger partial charge is 0.147 e. The molecule has 0 radical (unpaired) electrons. The van der Waals surface area contributed by atoms with E-state index in [1.54, 1.807) is 0 Å². The zero-order valence-electron chi connectivity index (χ0n) is 9.25. The molecule has 0 aliphatic carbocycles. The van der Waals surface area contributed by atoms with E-state index >= 15 is 0 Å². The van der Waals surface area contributed by atoms with Crippen LogP contribution in [-0.4, -0.2) is 19.5 Å². The van der Waals surface area contributed by atoms with Gasteiger partial charge in [-0.05, 0) is 33.1 Å². The van der Waals surface area contributed by atoms with Gasteiger partial charge in [-0.1, -0.05) is 19.1 Å². The molecule has 0 aliphatic rings. The number of allylic oxidation sites excluding steroid dienone is 2. The van der Waals surface area contributed by atoms with Crippen LogP contribution in [0.5, 0.6) is 0 Å². The zero-order chi connectivity index (χ0) is 10.1. The lowest BCUT2D eigenvalue weighted by molar-refractivity contribution is -0.0945. The van der Waals surface area contributed by atoms with E-state index in [4.69, 9.17) is 9.47 Å². The van der Waals surface area contributed by atoms with Crippen molar-refractivity contribution in [3.8, 4) is 0 Å². The van der Waals surface area contributed by atoms with Crippen molar-refractivity contribution in [2.24, 2.45) is 5.92 Å². The molecule has 0 aliphatic heterocycles. The van der Waals surface area contributed by atoms with Crippen molar-refractivity contribution in [3.05, 3.63) is 12.2 Å². The first kappa shape index (κ1) is 12.7. The Balaban J connectivity index is 3.50. The largest absolute Gasteiger partial charge is 0.356 e. The van der Waals surface area contributed by atoms with Crippen LogP contribution in [0, 0.1) is 5.92 Å². The summed E-state index contributed by atoms with van der Waals surface area (Å²) >= 11 is 0. The Kier molecular flexibility index (Phi) is 8.05. The summed E-state index contributed by atoms with van der Waals surface area (Å²) in [4.78, 5) is 0. The van der Waals surface area contributed by atoms with Crippen molar-refractivity contribution >= 4 is 0 Å². The van der Waals surface area contributed by atoms with Crippen LogP contribution in [0.25, 0.3) is 0 Å². The summed E-state index contributed by atoms with van der Waals surface area (Å²) in [6.07, 6.45) is 5.59. The molecule has 13 heavy (non-hydrogen) atoms. The van der Waals surface area contributed by atoms with Crippen LogP contribution in [0.2, 0.25) is 0 Å². The summed E-state index contributed by atoms with van der Waals surface area (Å²) in [5.41, 5.74) is 0. The average Bonchev–Trinajstić information content (AvgIpc) is 2.14. The van der Waals surface area contributed by atoms with Crippen molar-refractivity contribution in [1.29, 1.82) is 0 Å². The van der Waals surface area contributed by atoms with Crippen molar-refractivity contribution in [2.45, 2.75) is 40.2 Å². The molecule has 0 aromatic carbocycles. The molecule has 78 valence electrons. The van der Waals surface area contributed by atoms with E-state index in [1.165, 1.54) is 0 Å². The maximum atomic E-state index is 5.49. The Morgan fingerprint density at radius 2 is 2.00 bits per heavy atom. The summed E-state index contributed by atoms with van der Waals surface area (Å²) in [6.45, 7) is 9.42. The lowest BCUT2D eigenvalue weighted by Gasteiger charge is -2.18. The van der Waals surface area contributed by atoms with Crippen LogP contribution in [0.3, 0.4) is 0 Å². The van der Waals surface area contributed by atoms with E-state index < -0.39 is 0 Å². The van der Waals surface area contributed by atoms with Gasteiger partial charge in [0.1, 0.15) is 6.79 Å². The standard InChI is InChI=1S/C11H22O2/c1-5-7-8-10(3)11(4)13-9-12-6-2/h5,7,10-11H,6,8-9H2,1-4H3/b7-5+. The number of ether oxygens (including phenoxy) is 2. The molecule has 2 heteroatoms. The highest BCUT2D eigenvalue weighted by Gasteiger charge is 2.10. The third-order valence-corrected chi connectivity index (χ3v) is 2.16. The zero-order valence-corrected chi connectivity index (χ0v) is 9.25. The van der Waals surface area contributed by atoms with Crippen LogP contribution in [-0.2, 0) is 9.47 Å². The second-order valence-corrected chi connectivity index (χ2v) is 3.26. The molecule has 2 atom stereocenters. The Bertz CT molecular complexity index is 132. The van der Waals surface area contributed by atoms with Crippen molar-refractivity contribution < 1.29 is 9.47 Å². The van der Waals surface area contributed by atoms with Crippen LogP contribution in [0.1, 0.15) is 34.1 Å². The summed E-state index contributed by atoms with van der Waals surface area (Å²) in [6, 6.07) is 0. The maximum Gasteiger partial charge on any atom is 0.147 e. The quantitative estimate of drug-likeness (QED) is 0.346. The molecule has 0 fully saturated rings. The normalized spacial score (nSPS) is 16.3. The third kappa shape index (κ3) is 6.79. The topological polar surface area (TPSA) is 18.5 Å². The van der Waals surface area contributed by atoms with Gasteiger partial charge in [-0.15, -0.1) is 0 Å². The first-order chi connectivity index (χ1) is 6.22. The Morgan fingerprint density at radius 3 is 2.54 bits per heavy atom. The highest BCUT2D eigenvalue weighted by atomic mass is 16.7. The van der Waals surface area contributed by atoms with E-state index in [-0.39, 0.29) is 6.10 Å². The van der Waals surface area contributed by atoms with Gasteiger partial charge in [0.2, 0.25) is 0 Å². The van der Waals surface area contributed by atoms with Gasteiger partial charge in [0.15, 0.2) is 0 Å². The van der Waals surface area contributed by atoms with E-state index in [0.717, 1.165) is 13.0 Å². The van der Waals surface area contributed by atoms with E-state index in [0.29, 0.717) is 12.7 Å². The predicted octanol–water partition coefficient (Wildman–Crippen LogP) is 2.99. The molecule has 0 amide bonds. The first-order valence-electron chi connectivity index (χ1n) is 5.02. The fourth-order valence-corrected chi connectivity index (χ4v) is 0.945. The molecule has 0 saturated heterocycles. The Hall–Kier alpha value is -0.340. The Morgan fingerprint density at radius 1 is 1.31 bits per heavy atom. The molecule has 0 saturated carbocycles. The maximum absolute atomic E-state index is 5.49. The minimum atomic E-state index is 0.266. The fourth-order valence-electron chi connectivity index (χ4n) is 0.945. The molecule has 0 aromatic rings. The van der Waals surface area contributed by atoms with Gasteiger partial charge in [0.25, 0.3) is 0 Å². The molecule has 0 spiro atoms. The highest BCUT2D eigenvalue weighted by molar-refractivity contribution is 4.80. The first-order valence-corrected chi connectivity index (χ1v) is 5.02. The van der Waals surface area contributed by atoms with Crippen molar-refractivity contribution in [2.75, 3.05) is 13.4 Å². The second-order valence-electron chi connectivity index (χ2n) is 3.26. The molecule has 2 nitrogen and oxygen atoms in total. The monoisotopic (exact) mass is 186 g/mol. The van der Waals surface area contributed by atoms with Crippen LogP contribution in [0.15, 0.2) is 12.2 Å². The summed E-state index contributed by atoms with van der Waals surface area (Å²) < 4.78 is 10.6. The molecule has 0 aromatic heterocycles. The molecular weight excluding hydrogens is 164 g/mol. The molecule has 2 unspecified atom stereocenters. The van der Waals surface area contributed by atoms with Gasteiger partial charge in [-0.2, -0.15) is 0 Å². The van der Waals surface area contributed by atoms with E-state index in [1.807, 2.05) is 13.8 Å². The van der Waals surface area contributed by atoms with Crippen LogP contribution in [0.4, 0.5) is 0 Å². The fraction of sp³-hybridized carbons (Fsp3) is 0.818. The average molecular weight is 186 g/mol. The SMILES string of the molecule is C/C=C/CC(C)C(C)OCOCC. The lowest BCUT2D eigenvalue weighted by Crippen LogP contribution is -2.19. The molecule has 0 bridgehead atoms. The van der Waals surface area contributed by atoms with Gasteiger partial charge in [0, 0.05) is 6.61 Å². The minimum absolute atomic E-state index is 0.266. The van der Waals surface area contributed by atoms with Crippen molar-refractivity contribution in [1.82, 2.24) is 0 Å². The number of hydrogen-bond acceptors (Lipinski definition) is 2. The predicted molar refractivity (Wildman–Crippen MR) is 55.6 cm³/mol. The molecular formula is C11H22O2. The van der Waals surface area contributed by atoms with Crippen LogP contribution < -0.4 is 0 Å². The molecule has 0 heterocycles.